The summed E-state index contributed by atoms with van der Waals surface area (Å²) in [6.45, 7) is 2.59. The molecule has 2 heteroatoms. The Labute approximate surface area is 153 Å². The van der Waals surface area contributed by atoms with Gasteiger partial charge in [0, 0.05) is 5.92 Å². The van der Waals surface area contributed by atoms with Gasteiger partial charge in [0.15, 0.2) is 0 Å². The summed E-state index contributed by atoms with van der Waals surface area (Å²) >= 11 is 0. The van der Waals surface area contributed by atoms with Gasteiger partial charge in [-0.25, -0.2) is 0 Å². The molecule has 138 valence electrons. The zero-order valence-corrected chi connectivity index (χ0v) is 15.9. The van der Waals surface area contributed by atoms with Gasteiger partial charge in [-0.3, -0.25) is 0 Å². The number of fused-ring (bicyclic) bond motifs is 4. The second kappa shape index (κ2) is 5.72. The normalized spacial score (nSPS) is 57.6. The van der Waals surface area contributed by atoms with Gasteiger partial charge >= 0.3 is 0 Å². The lowest BCUT2D eigenvalue weighted by molar-refractivity contribution is -0.138. The van der Waals surface area contributed by atoms with Crippen molar-refractivity contribution < 1.29 is 5.11 Å². The average Bonchev–Trinajstić information content (AvgIpc) is 3.02. The molecule has 0 amide bonds. The number of nitrogens with zero attached hydrogens (tertiary/aromatic N) is 1. The monoisotopic (exact) mass is 341 g/mol. The SMILES string of the molecule is C[C@]12CC[C@@H](O)C[C@@H]1CCC1C3CC[C@@H]4[C@H](C#N)CCC[C@]34CCC12. The highest BCUT2D eigenvalue weighted by atomic mass is 16.3. The van der Waals surface area contributed by atoms with E-state index in [9.17, 15) is 10.4 Å². The van der Waals surface area contributed by atoms with E-state index < -0.39 is 0 Å². The van der Waals surface area contributed by atoms with Gasteiger partial charge < -0.3 is 5.11 Å². The Hall–Kier alpha value is -0.550. The summed E-state index contributed by atoms with van der Waals surface area (Å²) in [7, 11) is 0. The van der Waals surface area contributed by atoms with Gasteiger partial charge in [0.05, 0.1) is 12.2 Å². The Morgan fingerprint density at radius 3 is 2.56 bits per heavy atom. The first-order chi connectivity index (χ1) is 12.1. The Kier molecular flexibility index (Phi) is 3.80. The highest BCUT2D eigenvalue weighted by Gasteiger charge is 2.63. The second-order valence-corrected chi connectivity index (χ2v) is 10.7. The first-order valence-electron chi connectivity index (χ1n) is 11.2. The average molecular weight is 342 g/mol. The van der Waals surface area contributed by atoms with Crippen LogP contribution in [-0.2, 0) is 0 Å². The molecular weight excluding hydrogens is 306 g/mol. The van der Waals surface area contributed by atoms with Crippen LogP contribution in [-0.4, -0.2) is 11.2 Å². The van der Waals surface area contributed by atoms with Crippen molar-refractivity contribution in [3.63, 3.8) is 0 Å². The van der Waals surface area contributed by atoms with Gasteiger partial charge in [0.25, 0.3) is 0 Å². The van der Waals surface area contributed by atoms with Gasteiger partial charge in [-0.2, -0.15) is 5.26 Å². The van der Waals surface area contributed by atoms with Gasteiger partial charge in [-0.05, 0) is 111 Å². The molecule has 25 heavy (non-hydrogen) atoms. The van der Waals surface area contributed by atoms with E-state index in [0.717, 1.165) is 42.4 Å². The number of nitriles is 1. The number of aliphatic hydroxyl groups excluding tert-OH is 1. The molecule has 0 aliphatic heterocycles. The molecule has 5 saturated carbocycles. The molecule has 0 saturated heterocycles. The van der Waals surface area contributed by atoms with Crippen LogP contribution in [0.5, 0.6) is 0 Å². The Morgan fingerprint density at radius 1 is 0.880 bits per heavy atom. The summed E-state index contributed by atoms with van der Waals surface area (Å²) in [6.07, 6.45) is 15.5. The molecule has 2 nitrogen and oxygen atoms in total. The molecule has 9 atom stereocenters. The lowest BCUT2D eigenvalue weighted by atomic mass is 9.43. The number of rotatable bonds is 0. The van der Waals surface area contributed by atoms with Gasteiger partial charge in [-0.1, -0.05) is 13.3 Å². The van der Waals surface area contributed by atoms with Crippen molar-refractivity contribution >= 4 is 0 Å². The molecule has 1 spiro atoms. The Morgan fingerprint density at radius 2 is 1.72 bits per heavy atom. The predicted octanol–water partition coefficient (Wildman–Crippen LogP) is 5.31. The quantitative estimate of drug-likeness (QED) is 0.649. The minimum Gasteiger partial charge on any atom is -0.393 e. The van der Waals surface area contributed by atoms with Crippen molar-refractivity contribution in [2.75, 3.05) is 0 Å². The van der Waals surface area contributed by atoms with E-state index in [4.69, 9.17) is 0 Å². The van der Waals surface area contributed by atoms with Crippen molar-refractivity contribution in [1.29, 1.82) is 5.26 Å². The zero-order valence-electron chi connectivity index (χ0n) is 15.9. The molecule has 3 unspecified atom stereocenters. The number of hydrogen-bond donors (Lipinski definition) is 1. The minimum atomic E-state index is -0.0323. The second-order valence-electron chi connectivity index (χ2n) is 10.7. The standard InChI is InChI=1S/C23H35NO/c1-22-11-8-17(25)13-16(22)4-5-18-20(22)9-12-23-10-2-3-15(14-24)19(23)6-7-21(18)23/h15-21,25H,2-13H2,1H3/t15-,16-,17+,18?,19+,20?,21?,22-,23+/m0/s1. The summed E-state index contributed by atoms with van der Waals surface area (Å²) in [5.41, 5.74) is 1.03. The van der Waals surface area contributed by atoms with Gasteiger partial charge in [0.2, 0.25) is 0 Å². The third kappa shape index (κ3) is 2.17. The molecular formula is C23H35NO. The zero-order chi connectivity index (χ0) is 17.2. The van der Waals surface area contributed by atoms with Crippen LogP contribution in [0.3, 0.4) is 0 Å². The van der Waals surface area contributed by atoms with Crippen molar-refractivity contribution in [2.24, 2.45) is 46.3 Å². The minimum absolute atomic E-state index is 0.0323. The van der Waals surface area contributed by atoms with E-state index in [1.165, 1.54) is 64.2 Å². The summed E-state index contributed by atoms with van der Waals surface area (Å²) in [5.74, 6) is 4.57. The molecule has 5 aliphatic carbocycles. The van der Waals surface area contributed by atoms with Crippen LogP contribution in [0.1, 0.15) is 84.0 Å². The first kappa shape index (κ1) is 16.6. The predicted molar refractivity (Wildman–Crippen MR) is 98.5 cm³/mol. The van der Waals surface area contributed by atoms with Crippen LogP contribution in [0.25, 0.3) is 0 Å². The summed E-state index contributed by atoms with van der Waals surface area (Å²) < 4.78 is 0. The molecule has 0 heterocycles. The van der Waals surface area contributed by atoms with Crippen LogP contribution in [0, 0.1) is 57.7 Å². The van der Waals surface area contributed by atoms with E-state index >= 15 is 0 Å². The fourth-order valence-corrected chi connectivity index (χ4v) is 9.19. The van der Waals surface area contributed by atoms with Crippen LogP contribution in [0.4, 0.5) is 0 Å². The molecule has 0 bridgehead atoms. The highest BCUT2D eigenvalue weighted by Crippen LogP contribution is 2.70. The van der Waals surface area contributed by atoms with E-state index in [0.29, 0.717) is 16.7 Å². The third-order valence-electron chi connectivity index (χ3n) is 10.2. The number of aliphatic hydroxyl groups is 1. The Balaban J connectivity index is 1.45. The lowest BCUT2D eigenvalue weighted by Crippen LogP contribution is -2.55. The molecule has 5 rings (SSSR count). The molecule has 0 aromatic carbocycles. The van der Waals surface area contributed by atoms with Crippen molar-refractivity contribution in [3.8, 4) is 6.07 Å². The van der Waals surface area contributed by atoms with Gasteiger partial charge in [0.1, 0.15) is 0 Å². The molecule has 1 N–H and O–H groups in total. The fourth-order valence-electron chi connectivity index (χ4n) is 9.19. The summed E-state index contributed by atoms with van der Waals surface area (Å²) in [5, 5.41) is 19.9. The molecule has 0 radical (unpaired) electrons. The number of hydrogen-bond acceptors (Lipinski definition) is 2. The van der Waals surface area contributed by atoms with Crippen LogP contribution < -0.4 is 0 Å². The fraction of sp³-hybridized carbons (Fsp3) is 0.957. The smallest absolute Gasteiger partial charge is 0.0658 e. The maximum Gasteiger partial charge on any atom is 0.0658 e. The van der Waals surface area contributed by atoms with E-state index in [1.807, 2.05) is 0 Å². The largest absolute Gasteiger partial charge is 0.393 e. The molecule has 5 aliphatic rings. The van der Waals surface area contributed by atoms with Gasteiger partial charge in [-0.15, -0.1) is 0 Å². The Bertz CT molecular complexity index is 581. The molecule has 0 aromatic heterocycles. The van der Waals surface area contributed by atoms with Crippen LogP contribution in [0.2, 0.25) is 0 Å². The summed E-state index contributed by atoms with van der Waals surface area (Å²) in [6, 6.07) is 2.71. The third-order valence-corrected chi connectivity index (χ3v) is 10.2. The molecule has 0 aromatic rings. The van der Waals surface area contributed by atoms with Crippen molar-refractivity contribution in [1.82, 2.24) is 0 Å². The summed E-state index contributed by atoms with van der Waals surface area (Å²) in [4.78, 5) is 0. The molecule has 5 fully saturated rings. The highest BCUT2D eigenvalue weighted by molar-refractivity contribution is 5.14. The van der Waals surface area contributed by atoms with E-state index in [2.05, 4.69) is 13.0 Å². The topological polar surface area (TPSA) is 44.0 Å². The van der Waals surface area contributed by atoms with Crippen molar-refractivity contribution in [3.05, 3.63) is 0 Å². The van der Waals surface area contributed by atoms with E-state index in [1.54, 1.807) is 0 Å². The van der Waals surface area contributed by atoms with Crippen LogP contribution in [0.15, 0.2) is 0 Å². The maximum absolute atomic E-state index is 10.2. The maximum atomic E-state index is 10.2. The van der Waals surface area contributed by atoms with E-state index in [-0.39, 0.29) is 6.10 Å². The first-order valence-corrected chi connectivity index (χ1v) is 11.2. The van der Waals surface area contributed by atoms with Crippen molar-refractivity contribution in [2.45, 2.75) is 90.1 Å². The lowest BCUT2D eigenvalue weighted by Gasteiger charge is -2.62. The van der Waals surface area contributed by atoms with Crippen LogP contribution >= 0.6 is 0 Å².